The third-order valence-electron chi connectivity index (χ3n) is 5.15. The van der Waals surface area contributed by atoms with Crippen LogP contribution in [0.25, 0.3) is 11.0 Å². The smallest absolute Gasteiger partial charge is 0.240 e. The minimum atomic E-state index is -0.938. The van der Waals surface area contributed by atoms with Gasteiger partial charge in [0.1, 0.15) is 12.4 Å². The van der Waals surface area contributed by atoms with Crippen molar-refractivity contribution < 1.29 is 14.0 Å². The number of imidazole rings is 1. The molecule has 0 fully saturated rings. The van der Waals surface area contributed by atoms with Gasteiger partial charge in [-0.05, 0) is 51.5 Å². The number of ketones is 1. The largest absolute Gasteiger partial charge is 0.348 e. The average molecular weight is 406 g/mol. The molecular formula is C23H23FN4O2. The highest BCUT2D eigenvalue weighted by Gasteiger charge is 2.24. The zero-order valence-electron chi connectivity index (χ0n) is 17.4. The minimum absolute atomic E-state index is 0.0207. The molecule has 0 aliphatic carbocycles. The Hall–Kier alpha value is -3.53. The molecule has 0 aliphatic rings. The molecule has 0 aliphatic heterocycles. The number of hydrogen-bond donors (Lipinski definition) is 1. The fourth-order valence-electron chi connectivity index (χ4n) is 3.42. The Morgan fingerprint density at radius 2 is 2.03 bits per heavy atom. The van der Waals surface area contributed by atoms with Gasteiger partial charge in [-0.3, -0.25) is 9.59 Å². The minimum Gasteiger partial charge on any atom is -0.348 e. The van der Waals surface area contributed by atoms with E-state index in [4.69, 9.17) is 0 Å². The van der Waals surface area contributed by atoms with Crippen molar-refractivity contribution in [2.24, 2.45) is 0 Å². The number of fused-ring (bicyclic) bond motifs is 1. The number of nitrogens with one attached hydrogen (secondary N) is 1. The van der Waals surface area contributed by atoms with Crippen LogP contribution in [0.2, 0.25) is 0 Å². The van der Waals surface area contributed by atoms with E-state index in [1.807, 2.05) is 0 Å². The first-order valence-corrected chi connectivity index (χ1v) is 9.59. The molecule has 2 aromatic carbocycles. The molecule has 1 aromatic heterocycles. The topological polar surface area (TPSA) is 87.8 Å². The van der Waals surface area contributed by atoms with Gasteiger partial charge in [0.05, 0.1) is 34.9 Å². The summed E-state index contributed by atoms with van der Waals surface area (Å²) < 4.78 is 16.2. The molecule has 0 spiro atoms. The summed E-state index contributed by atoms with van der Waals surface area (Å²) in [5.41, 5.74) is 1.73. The summed E-state index contributed by atoms with van der Waals surface area (Å²) in [6.07, 6.45) is 1.53. The zero-order valence-corrected chi connectivity index (χ0v) is 17.4. The normalized spacial score (nSPS) is 12.4. The number of para-hydroxylation sites is 1. The van der Waals surface area contributed by atoms with E-state index in [1.54, 1.807) is 55.7 Å². The number of hydrogen-bond acceptors (Lipinski definition) is 4. The van der Waals surface area contributed by atoms with Crippen LogP contribution in [-0.4, -0.2) is 21.2 Å². The third kappa shape index (κ3) is 4.08. The third-order valence-corrected chi connectivity index (χ3v) is 5.15. The molecule has 3 aromatic rings. The summed E-state index contributed by atoms with van der Waals surface area (Å²) in [6, 6.07) is 11.5. The van der Waals surface area contributed by atoms with Crippen LogP contribution in [0.4, 0.5) is 4.39 Å². The van der Waals surface area contributed by atoms with Gasteiger partial charge >= 0.3 is 0 Å². The summed E-state index contributed by atoms with van der Waals surface area (Å²) >= 11 is 0. The van der Waals surface area contributed by atoms with Crippen molar-refractivity contribution >= 4 is 22.7 Å². The van der Waals surface area contributed by atoms with Gasteiger partial charge in [0, 0.05) is 11.1 Å². The molecule has 0 unspecified atom stereocenters. The van der Waals surface area contributed by atoms with Crippen molar-refractivity contribution in [1.82, 2.24) is 14.9 Å². The molecule has 1 heterocycles. The van der Waals surface area contributed by atoms with E-state index in [2.05, 4.69) is 16.4 Å². The van der Waals surface area contributed by atoms with Crippen LogP contribution >= 0.6 is 0 Å². The van der Waals surface area contributed by atoms with Crippen LogP contribution < -0.4 is 5.32 Å². The summed E-state index contributed by atoms with van der Waals surface area (Å²) in [4.78, 5) is 28.8. The van der Waals surface area contributed by atoms with E-state index in [-0.39, 0.29) is 18.2 Å². The van der Waals surface area contributed by atoms with Gasteiger partial charge in [0.25, 0.3) is 0 Å². The highest BCUT2D eigenvalue weighted by molar-refractivity contribution is 6.05. The van der Waals surface area contributed by atoms with E-state index >= 15 is 0 Å². The summed E-state index contributed by atoms with van der Waals surface area (Å²) in [5, 5.41) is 12.1. The Morgan fingerprint density at radius 3 is 2.67 bits per heavy atom. The Bertz CT molecular complexity index is 1170. The standard InChI is InChI=1S/C23H23FN4O2/c1-14(16-8-9-18(19(24)10-16)23(3,4)12-25)27-21(30)11-28-13-26-20-7-5-6-17(15(2)29)22(20)28/h5-10,13-14H,11H2,1-4H3,(H,27,30)/t14-/m1/s1. The summed E-state index contributed by atoms with van der Waals surface area (Å²) in [7, 11) is 0. The van der Waals surface area contributed by atoms with Gasteiger partial charge in [-0.25, -0.2) is 9.37 Å². The highest BCUT2D eigenvalue weighted by Crippen LogP contribution is 2.27. The number of carbonyl (C=O) groups is 2. The van der Waals surface area contributed by atoms with E-state index in [0.29, 0.717) is 27.7 Å². The number of carbonyl (C=O) groups excluding carboxylic acids is 2. The molecule has 0 radical (unpaired) electrons. The molecular weight excluding hydrogens is 383 g/mol. The van der Waals surface area contributed by atoms with Crippen molar-refractivity contribution in [3.05, 3.63) is 65.2 Å². The lowest BCUT2D eigenvalue weighted by atomic mass is 9.85. The molecule has 0 bridgehead atoms. The monoisotopic (exact) mass is 406 g/mol. The van der Waals surface area contributed by atoms with E-state index < -0.39 is 17.3 Å². The Balaban J connectivity index is 1.78. The average Bonchev–Trinajstić information content (AvgIpc) is 3.10. The van der Waals surface area contributed by atoms with E-state index in [9.17, 15) is 19.2 Å². The molecule has 3 rings (SSSR count). The lowest BCUT2D eigenvalue weighted by Gasteiger charge is -2.20. The maximum atomic E-state index is 14.5. The van der Waals surface area contributed by atoms with Gasteiger partial charge in [-0.15, -0.1) is 0 Å². The first-order valence-electron chi connectivity index (χ1n) is 9.59. The van der Waals surface area contributed by atoms with Crippen LogP contribution in [0.1, 0.15) is 55.2 Å². The van der Waals surface area contributed by atoms with Crippen LogP contribution in [0.15, 0.2) is 42.7 Å². The first kappa shape index (κ1) is 21.2. The van der Waals surface area contributed by atoms with Crippen LogP contribution in [0.5, 0.6) is 0 Å². The number of halogens is 1. The Labute approximate surface area is 174 Å². The van der Waals surface area contributed by atoms with Crippen molar-refractivity contribution in [3.8, 4) is 6.07 Å². The van der Waals surface area contributed by atoms with Gasteiger partial charge in [-0.2, -0.15) is 5.26 Å². The Morgan fingerprint density at radius 1 is 1.30 bits per heavy atom. The van der Waals surface area contributed by atoms with Crippen LogP contribution in [-0.2, 0) is 16.8 Å². The highest BCUT2D eigenvalue weighted by atomic mass is 19.1. The van der Waals surface area contributed by atoms with Crippen LogP contribution in [0, 0.1) is 17.1 Å². The second-order valence-electron chi connectivity index (χ2n) is 7.87. The van der Waals surface area contributed by atoms with Gasteiger partial charge < -0.3 is 9.88 Å². The summed E-state index contributed by atoms with van der Waals surface area (Å²) in [6.45, 7) is 6.52. The zero-order chi connectivity index (χ0) is 22.1. The number of benzene rings is 2. The predicted molar refractivity (Wildman–Crippen MR) is 111 cm³/mol. The second-order valence-corrected chi connectivity index (χ2v) is 7.87. The molecule has 0 saturated heterocycles. The number of Topliss-reactive ketones (excluding diaryl/α,β-unsaturated/α-hetero) is 1. The van der Waals surface area contributed by atoms with Gasteiger partial charge in [0.2, 0.25) is 5.91 Å². The number of nitrogens with zero attached hydrogens (tertiary/aromatic N) is 3. The molecule has 1 amide bonds. The second kappa shape index (κ2) is 8.07. The predicted octanol–water partition coefficient (Wildman–Crippen LogP) is 4.06. The molecule has 6 nitrogen and oxygen atoms in total. The number of amides is 1. The lowest BCUT2D eigenvalue weighted by Crippen LogP contribution is -2.30. The maximum Gasteiger partial charge on any atom is 0.240 e. The van der Waals surface area contributed by atoms with Crippen LogP contribution in [0.3, 0.4) is 0 Å². The number of nitriles is 1. The lowest BCUT2D eigenvalue weighted by molar-refractivity contribution is -0.122. The molecule has 7 heteroatoms. The quantitative estimate of drug-likeness (QED) is 0.626. The number of rotatable bonds is 6. The molecule has 30 heavy (non-hydrogen) atoms. The van der Waals surface area contributed by atoms with E-state index in [1.165, 1.54) is 19.3 Å². The maximum absolute atomic E-state index is 14.5. The molecule has 0 saturated carbocycles. The molecule has 1 atom stereocenters. The number of aromatic nitrogens is 2. The molecule has 154 valence electrons. The fraction of sp³-hybridized carbons (Fsp3) is 0.304. The summed E-state index contributed by atoms with van der Waals surface area (Å²) in [5.74, 6) is -0.874. The van der Waals surface area contributed by atoms with Gasteiger partial charge in [0.15, 0.2) is 5.78 Å². The SMILES string of the molecule is CC(=O)c1cccc2ncn(CC(=O)N[C@H](C)c3ccc(C(C)(C)C#N)c(F)c3)c12. The molecule has 1 N–H and O–H groups in total. The van der Waals surface area contributed by atoms with Gasteiger partial charge in [-0.1, -0.05) is 18.2 Å². The van der Waals surface area contributed by atoms with Crippen molar-refractivity contribution in [3.63, 3.8) is 0 Å². The van der Waals surface area contributed by atoms with Crippen molar-refractivity contribution in [1.29, 1.82) is 5.26 Å². The van der Waals surface area contributed by atoms with Crippen molar-refractivity contribution in [2.75, 3.05) is 0 Å². The Kier molecular flexibility index (Phi) is 5.70. The van der Waals surface area contributed by atoms with E-state index in [0.717, 1.165) is 0 Å². The fourth-order valence-corrected chi connectivity index (χ4v) is 3.42. The first-order chi connectivity index (χ1) is 14.1. The van der Waals surface area contributed by atoms with Crippen molar-refractivity contribution in [2.45, 2.75) is 45.7 Å².